The highest BCUT2D eigenvalue weighted by atomic mass is 19.1. The molecule has 0 bridgehead atoms. The lowest BCUT2D eigenvalue weighted by molar-refractivity contribution is 0.174. The third-order valence-electron chi connectivity index (χ3n) is 2.30. The molecule has 1 aromatic heterocycles. The minimum Gasteiger partial charge on any atom is -0.377 e. The number of benzene rings is 1. The van der Waals surface area contributed by atoms with Gasteiger partial charge in [0.25, 0.3) is 0 Å². The Morgan fingerprint density at radius 3 is 2.76 bits per heavy atom. The molecule has 0 N–H and O–H groups in total. The lowest BCUT2D eigenvalue weighted by Crippen LogP contribution is -2.00. The summed E-state index contributed by atoms with van der Waals surface area (Å²) in [5, 5.41) is 4.05. The molecule has 0 amide bonds. The van der Waals surface area contributed by atoms with E-state index in [4.69, 9.17) is 4.74 Å². The van der Waals surface area contributed by atoms with Crippen molar-refractivity contribution in [3.05, 3.63) is 35.7 Å². The van der Waals surface area contributed by atoms with Crippen molar-refractivity contribution in [3.63, 3.8) is 0 Å². The van der Waals surface area contributed by atoms with Crippen LogP contribution in [0.25, 0.3) is 11.4 Å². The quantitative estimate of drug-likeness (QED) is 0.821. The first-order valence-electron chi connectivity index (χ1n) is 4.96. The molecular weight excluding hydrogens is 228 g/mol. The van der Waals surface area contributed by atoms with E-state index in [1.54, 1.807) is 7.05 Å². The van der Waals surface area contributed by atoms with Gasteiger partial charge in [-0.15, -0.1) is 0 Å². The second-order valence-electron chi connectivity index (χ2n) is 3.53. The number of hydrogen-bond acceptors (Lipinski definition) is 3. The number of ether oxygens (including phenoxy) is 1. The molecule has 6 heteroatoms. The lowest BCUT2D eigenvalue weighted by Gasteiger charge is -1.97. The van der Waals surface area contributed by atoms with E-state index in [2.05, 4.69) is 10.1 Å². The smallest absolute Gasteiger partial charge is 0.184 e. The SMILES string of the molecule is COCc1nc(-c2ccc(F)cc2F)nn1C. The van der Waals surface area contributed by atoms with Gasteiger partial charge in [-0.25, -0.2) is 13.8 Å². The third kappa shape index (κ3) is 2.31. The fraction of sp³-hybridized carbons (Fsp3) is 0.273. The van der Waals surface area contributed by atoms with E-state index in [0.717, 1.165) is 6.07 Å². The van der Waals surface area contributed by atoms with Crippen molar-refractivity contribution in [3.8, 4) is 11.4 Å². The maximum Gasteiger partial charge on any atom is 0.184 e. The predicted molar refractivity (Wildman–Crippen MR) is 57.1 cm³/mol. The van der Waals surface area contributed by atoms with Crippen LogP contribution in [0, 0.1) is 11.6 Å². The molecule has 1 aromatic carbocycles. The van der Waals surface area contributed by atoms with Crippen LogP contribution in [0.4, 0.5) is 8.78 Å². The van der Waals surface area contributed by atoms with Gasteiger partial charge in [0, 0.05) is 20.2 Å². The molecule has 0 radical (unpaired) electrons. The minimum absolute atomic E-state index is 0.171. The van der Waals surface area contributed by atoms with Gasteiger partial charge in [0.15, 0.2) is 11.6 Å². The molecule has 4 nitrogen and oxygen atoms in total. The van der Waals surface area contributed by atoms with Gasteiger partial charge in [0.2, 0.25) is 0 Å². The van der Waals surface area contributed by atoms with Crippen LogP contribution in [0.1, 0.15) is 5.82 Å². The summed E-state index contributed by atoms with van der Waals surface area (Å²) in [6.45, 7) is 0.284. The van der Waals surface area contributed by atoms with Gasteiger partial charge in [-0.2, -0.15) is 5.10 Å². The summed E-state index contributed by atoms with van der Waals surface area (Å²) in [5.41, 5.74) is 0.171. The van der Waals surface area contributed by atoms with Crippen molar-refractivity contribution in [1.82, 2.24) is 14.8 Å². The van der Waals surface area contributed by atoms with E-state index < -0.39 is 11.6 Å². The molecule has 0 saturated heterocycles. The number of halogens is 2. The van der Waals surface area contributed by atoms with Crippen LogP contribution >= 0.6 is 0 Å². The Morgan fingerprint density at radius 2 is 2.12 bits per heavy atom. The summed E-state index contributed by atoms with van der Waals surface area (Å²) in [6, 6.07) is 3.29. The highest BCUT2D eigenvalue weighted by Crippen LogP contribution is 2.20. The Labute approximate surface area is 96.9 Å². The molecule has 2 aromatic rings. The average Bonchev–Trinajstić information content (AvgIpc) is 2.60. The second kappa shape index (κ2) is 4.58. The molecule has 1 heterocycles. The summed E-state index contributed by atoms with van der Waals surface area (Å²) in [4.78, 5) is 4.12. The van der Waals surface area contributed by atoms with Gasteiger partial charge >= 0.3 is 0 Å². The van der Waals surface area contributed by atoms with Crippen LogP contribution in [0.3, 0.4) is 0 Å². The Kier molecular flexibility index (Phi) is 3.14. The van der Waals surface area contributed by atoms with E-state index in [1.807, 2.05) is 0 Å². The fourth-order valence-corrected chi connectivity index (χ4v) is 1.46. The van der Waals surface area contributed by atoms with E-state index in [-0.39, 0.29) is 18.0 Å². The van der Waals surface area contributed by atoms with Crippen LogP contribution in [0.15, 0.2) is 18.2 Å². The standard InChI is InChI=1S/C11H11F2N3O/c1-16-10(6-17-2)14-11(15-16)8-4-3-7(12)5-9(8)13/h3-5H,6H2,1-2H3. The molecule has 0 atom stereocenters. The van der Waals surface area contributed by atoms with Crippen molar-refractivity contribution in [2.45, 2.75) is 6.61 Å². The van der Waals surface area contributed by atoms with Crippen LogP contribution in [-0.2, 0) is 18.4 Å². The maximum atomic E-state index is 13.5. The zero-order valence-electron chi connectivity index (χ0n) is 9.44. The van der Waals surface area contributed by atoms with E-state index in [9.17, 15) is 8.78 Å². The largest absolute Gasteiger partial charge is 0.377 e. The molecular formula is C11H11F2N3O. The first-order chi connectivity index (χ1) is 8.11. The first-order valence-corrected chi connectivity index (χ1v) is 4.96. The number of rotatable bonds is 3. The summed E-state index contributed by atoms with van der Waals surface area (Å²) >= 11 is 0. The fourth-order valence-electron chi connectivity index (χ4n) is 1.46. The van der Waals surface area contributed by atoms with Crippen LogP contribution in [0.5, 0.6) is 0 Å². The molecule has 0 spiro atoms. The van der Waals surface area contributed by atoms with Crippen molar-refractivity contribution < 1.29 is 13.5 Å². The van der Waals surface area contributed by atoms with Crippen molar-refractivity contribution in [1.29, 1.82) is 0 Å². The van der Waals surface area contributed by atoms with Gasteiger partial charge < -0.3 is 4.74 Å². The highest BCUT2D eigenvalue weighted by Gasteiger charge is 2.13. The van der Waals surface area contributed by atoms with E-state index >= 15 is 0 Å². The number of aryl methyl sites for hydroxylation is 1. The summed E-state index contributed by atoms with van der Waals surface area (Å²) in [5.74, 6) is -0.512. The molecule has 0 saturated carbocycles. The van der Waals surface area contributed by atoms with Crippen LogP contribution in [0.2, 0.25) is 0 Å². The molecule has 0 unspecified atom stereocenters. The molecule has 17 heavy (non-hydrogen) atoms. The van der Waals surface area contributed by atoms with Crippen molar-refractivity contribution in [2.75, 3.05) is 7.11 Å². The summed E-state index contributed by atoms with van der Waals surface area (Å²) in [7, 11) is 3.22. The summed E-state index contributed by atoms with van der Waals surface area (Å²) < 4.78 is 32.7. The minimum atomic E-state index is -0.681. The normalized spacial score (nSPS) is 10.8. The zero-order valence-corrected chi connectivity index (χ0v) is 9.44. The number of hydrogen-bond donors (Lipinski definition) is 0. The van der Waals surface area contributed by atoms with E-state index in [0.29, 0.717) is 5.82 Å². The Morgan fingerprint density at radius 1 is 1.35 bits per heavy atom. The summed E-state index contributed by atoms with van der Waals surface area (Å²) in [6.07, 6.45) is 0. The highest BCUT2D eigenvalue weighted by molar-refractivity contribution is 5.55. The van der Waals surface area contributed by atoms with Gasteiger partial charge in [-0.1, -0.05) is 0 Å². The molecule has 0 aliphatic heterocycles. The van der Waals surface area contributed by atoms with Crippen molar-refractivity contribution >= 4 is 0 Å². The van der Waals surface area contributed by atoms with Gasteiger partial charge in [-0.3, -0.25) is 4.68 Å². The van der Waals surface area contributed by atoms with Gasteiger partial charge in [0.05, 0.1) is 5.56 Å². The molecule has 0 fully saturated rings. The predicted octanol–water partition coefficient (Wildman–Crippen LogP) is 1.91. The Hall–Kier alpha value is -1.82. The number of aromatic nitrogens is 3. The van der Waals surface area contributed by atoms with Gasteiger partial charge in [0.1, 0.15) is 18.2 Å². The topological polar surface area (TPSA) is 39.9 Å². The van der Waals surface area contributed by atoms with Crippen LogP contribution < -0.4 is 0 Å². The zero-order chi connectivity index (χ0) is 12.4. The number of nitrogens with zero attached hydrogens (tertiary/aromatic N) is 3. The third-order valence-corrected chi connectivity index (χ3v) is 2.30. The second-order valence-corrected chi connectivity index (χ2v) is 3.53. The molecule has 2 rings (SSSR count). The average molecular weight is 239 g/mol. The molecule has 0 aliphatic carbocycles. The van der Waals surface area contributed by atoms with Gasteiger partial charge in [-0.05, 0) is 12.1 Å². The number of methoxy groups -OCH3 is 1. The Balaban J connectivity index is 2.42. The van der Waals surface area contributed by atoms with Crippen molar-refractivity contribution in [2.24, 2.45) is 7.05 Å². The van der Waals surface area contributed by atoms with E-state index in [1.165, 1.54) is 23.9 Å². The molecule has 90 valence electrons. The lowest BCUT2D eigenvalue weighted by atomic mass is 10.2. The molecule has 0 aliphatic rings. The first kappa shape index (κ1) is 11.7. The maximum absolute atomic E-state index is 13.5. The van der Waals surface area contributed by atoms with Crippen LogP contribution in [-0.4, -0.2) is 21.9 Å². The monoisotopic (exact) mass is 239 g/mol. The Bertz CT molecular complexity index is 540.